The van der Waals surface area contributed by atoms with Gasteiger partial charge in [-0.3, -0.25) is 0 Å². The van der Waals surface area contributed by atoms with Crippen molar-refractivity contribution in [2.24, 2.45) is 0 Å². The second kappa shape index (κ2) is 5.24. The Labute approximate surface area is 106 Å². The number of hydrogen-bond donors (Lipinski definition) is 2. The Balaban J connectivity index is 2.14. The Morgan fingerprint density at radius 2 is 1.89 bits per heavy atom. The van der Waals surface area contributed by atoms with Crippen molar-refractivity contribution in [1.82, 2.24) is 0 Å². The van der Waals surface area contributed by atoms with Crippen LogP contribution in [-0.2, 0) is 6.54 Å². The van der Waals surface area contributed by atoms with Gasteiger partial charge in [-0.25, -0.2) is 0 Å². The Kier molecular flexibility index (Phi) is 3.49. The fraction of sp³-hybridized carbons (Fsp3) is 0.133. The maximum Gasteiger partial charge on any atom is 0.115 e. The van der Waals surface area contributed by atoms with Gasteiger partial charge in [-0.1, -0.05) is 24.3 Å². The zero-order valence-corrected chi connectivity index (χ0v) is 10.1. The first kappa shape index (κ1) is 12.0. The van der Waals surface area contributed by atoms with Gasteiger partial charge in [0, 0.05) is 6.54 Å². The Morgan fingerprint density at radius 1 is 1.17 bits per heavy atom. The van der Waals surface area contributed by atoms with Crippen LogP contribution in [0.2, 0.25) is 0 Å². The second-order valence-corrected chi connectivity index (χ2v) is 4.13. The first-order valence-electron chi connectivity index (χ1n) is 5.72. The minimum atomic E-state index is 0.256. The summed E-state index contributed by atoms with van der Waals surface area (Å²) < 4.78 is 0. The number of nitriles is 1. The third kappa shape index (κ3) is 2.61. The molecule has 0 amide bonds. The smallest absolute Gasteiger partial charge is 0.115 e. The van der Waals surface area contributed by atoms with Crippen LogP contribution in [0.1, 0.15) is 16.7 Å². The van der Waals surface area contributed by atoms with Crippen molar-refractivity contribution in [3.63, 3.8) is 0 Å². The molecule has 3 heteroatoms. The van der Waals surface area contributed by atoms with E-state index in [1.54, 1.807) is 12.1 Å². The van der Waals surface area contributed by atoms with Crippen LogP contribution in [0.5, 0.6) is 5.75 Å². The molecule has 0 aliphatic heterocycles. The SMILES string of the molecule is Cc1cccc(NCc2ccc(O)cc2)c1C#N. The number of phenolic OH excluding ortho intramolecular Hbond substituents is 1. The molecule has 2 aromatic rings. The zero-order chi connectivity index (χ0) is 13.0. The van der Waals surface area contributed by atoms with E-state index in [-0.39, 0.29) is 5.75 Å². The fourth-order valence-electron chi connectivity index (χ4n) is 1.77. The molecule has 0 aromatic heterocycles. The third-order valence-electron chi connectivity index (χ3n) is 2.80. The van der Waals surface area contributed by atoms with Crippen LogP contribution in [-0.4, -0.2) is 5.11 Å². The number of nitrogens with one attached hydrogen (secondary N) is 1. The summed E-state index contributed by atoms with van der Waals surface area (Å²) in [5.41, 5.74) is 3.54. The lowest BCUT2D eigenvalue weighted by molar-refractivity contribution is 0.475. The highest BCUT2D eigenvalue weighted by Gasteiger charge is 2.04. The molecule has 0 saturated carbocycles. The number of anilines is 1. The number of aromatic hydroxyl groups is 1. The van der Waals surface area contributed by atoms with E-state index in [1.807, 2.05) is 37.3 Å². The lowest BCUT2D eigenvalue weighted by Crippen LogP contribution is -2.01. The van der Waals surface area contributed by atoms with Crippen LogP contribution in [0.4, 0.5) is 5.69 Å². The highest BCUT2D eigenvalue weighted by molar-refractivity contribution is 5.60. The van der Waals surface area contributed by atoms with Crippen molar-refractivity contribution in [2.75, 3.05) is 5.32 Å². The molecule has 2 rings (SSSR count). The molecule has 0 aliphatic rings. The van der Waals surface area contributed by atoms with Gasteiger partial charge in [-0.15, -0.1) is 0 Å². The molecule has 2 N–H and O–H groups in total. The van der Waals surface area contributed by atoms with E-state index in [0.717, 1.165) is 16.8 Å². The summed E-state index contributed by atoms with van der Waals surface area (Å²) in [4.78, 5) is 0. The van der Waals surface area contributed by atoms with Gasteiger partial charge >= 0.3 is 0 Å². The predicted molar refractivity (Wildman–Crippen MR) is 71.3 cm³/mol. The zero-order valence-electron chi connectivity index (χ0n) is 10.1. The monoisotopic (exact) mass is 238 g/mol. The summed E-state index contributed by atoms with van der Waals surface area (Å²) in [5.74, 6) is 0.256. The predicted octanol–water partition coefficient (Wildman–Crippen LogP) is 3.18. The molecule has 0 saturated heterocycles. The number of nitrogens with zero attached hydrogens (tertiary/aromatic N) is 1. The van der Waals surface area contributed by atoms with Crippen LogP contribution in [0.25, 0.3) is 0 Å². The molecule has 0 aliphatic carbocycles. The quantitative estimate of drug-likeness (QED) is 0.863. The highest BCUT2D eigenvalue weighted by Crippen LogP contribution is 2.19. The molecular formula is C15H14N2O. The largest absolute Gasteiger partial charge is 0.508 e. The number of rotatable bonds is 3. The van der Waals surface area contributed by atoms with Gasteiger partial charge in [-0.2, -0.15) is 5.26 Å². The lowest BCUT2D eigenvalue weighted by Gasteiger charge is -2.09. The number of benzene rings is 2. The Bertz CT molecular complexity index is 582. The molecular weight excluding hydrogens is 224 g/mol. The molecule has 0 spiro atoms. The summed E-state index contributed by atoms with van der Waals surface area (Å²) in [6, 6.07) is 15.0. The Morgan fingerprint density at radius 3 is 2.56 bits per heavy atom. The fourth-order valence-corrected chi connectivity index (χ4v) is 1.77. The van der Waals surface area contributed by atoms with Crippen molar-refractivity contribution in [3.05, 3.63) is 59.2 Å². The summed E-state index contributed by atoms with van der Waals surface area (Å²) >= 11 is 0. The van der Waals surface area contributed by atoms with Gasteiger partial charge < -0.3 is 10.4 Å². The number of hydrogen-bond acceptors (Lipinski definition) is 3. The molecule has 0 radical (unpaired) electrons. The minimum absolute atomic E-state index is 0.256. The normalized spacial score (nSPS) is 9.78. The average molecular weight is 238 g/mol. The van der Waals surface area contributed by atoms with Gasteiger partial charge in [0.05, 0.1) is 11.3 Å². The minimum Gasteiger partial charge on any atom is -0.508 e. The molecule has 0 unspecified atom stereocenters. The van der Waals surface area contributed by atoms with Crippen LogP contribution in [0, 0.1) is 18.3 Å². The van der Waals surface area contributed by atoms with Gasteiger partial charge in [0.25, 0.3) is 0 Å². The molecule has 18 heavy (non-hydrogen) atoms. The first-order valence-corrected chi connectivity index (χ1v) is 5.72. The van der Waals surface area contributed by atoms with E-state index in [1.165, 1.54) is 0 Å². The number of aryl methyl sites for hydroxylation is 1. The second-order valence-electron chi connectivity index (χ2n) is 4.13. The molecule has 0 bridgehead atoms. The molecule has 3 nitrogen and oxygen atoms in total. The highest BCUT2D eigenvalue weighted by atomic mass is 16.3. The molecule has 90 valence electrons. The molecule has 0 fully saturated rings. The Hall–Kier alpha value is -2.47. The lowest BCUT2D eigenvalue weighted by atomic mass is 10.1. The van der Waals surface area contributed by atoms with E-state index >= 15 is 0 Å². The third-order valence-corrected chi connectivity index (χ3v) is 2.80. The summed E-state index contributed by atoms with van der Waals surface area (Å²) in [6.07, 6.45) is 0. The maximum absolute atomic E-state index is 9.20. The van der Waals surface area contributed by atoms with Crippen LogP contribution < -0.4 is 5.32 Å². The van der Waals surface area contributed by atoms with Crippen LogP contribution >= 0.6 is 0 Å². The van der Waals surface area contributed by atoms with E-state index in [0.29, 0.717) is 12.1 Å². The van der Waals surface area contributed by atoms with Crippen molar-refractivity contribution in [1.29, 1.82) is 5.26 Å². The summed E-state index contributed by atoms with van der Waals surface area (Å²) in [7, 11) is 0. The van der Waals surface area contributed by atoms with Gasteiger partial charge in [0.2, 0.25) is 0 Å². The van der Waals surface area contributed by atoms with Gasteiger partial charge in [0.15, 0.2) is 0 Å². The van der Waals surface area contributed by atoms with Gasteiger partial charge in [-0.05, 0) is 36.2 Å². The van der Waals surface area contributed by atoms with Crippen LogP contribution in [0.15, 0.2) is 42.5 Å². The van der Waals surface area contributed by atoms with E-state index in [2.05, 4.69) is 11.4 Å². The summed E-state index contributed by atoms with van der Waals surface area (Å²) in [6.45, 7) is 2.54. The van der Waals surface area contributed by atoms with E-state index < -0.39 is 0 Å². The van der Waals surface area contributed by atoms with Crippen molar-refractivity contribution in [2.45, 2.75) is 13.5 Å². The average Bonchev–Trinajstić information content (AvgIpc) is 2.38. The van der Waals surface area contributed by atoms with Crippen molar-refractivity contribution < 1.29 is 5.11 Å². The first-order chi connectivity index (χ1) is 8.70. The van der Waals surface area contributed by atoms with Crippen molar-refractivity contribution >= 4 is 5.69 Å². The topological polar surface area (TPSA) is 56.0 Å². The molecule has 0 heterocycles. The van der Waals surface area contributed by atoms with E-state index in [4.69, 9.17) is 5.26 Å². The van der Waals surface area contributed by atoms with Gasteiger partial charge in [0.1, 0.15) is 11.8 Å². The standard InChI is InChI=1S/C15H14N2O/c1-11-3-2-4-15(14(11)9-16)17-10-12-5-7-13(18)8-6-12/h2-8,17-18H,10H2,1H3. The van der Waals surface area contributed by atoms with Crippen molar-refractivity contribution in [3.8, 4) is 11.8 Å². The molecule has 0 atom stereocenters. The summed E-state index contributed by atoms with van der Waals surface area (Å²) in [5, 5.41) is 21.5. The molecule has 2 aromatic carbocycles. The van der Waals surface area contributed by atoms with Crippen LogP contribution in [0.3, 0.4) is 0 Å². The number of phenols is 1. The van der Waals surface area contributed by atoms with E-state index in [9.17, 15) is 5.11 Å². The maximum atomic E-state index is 9.20.